The fourth-order valence-corrected chi connectivity index (χ4v) is 1.54. The Labute approximate surface area is 112 Å². The Morgan fingerprint density at radius 2 is 1.67 bits per heavy atom. The normalized spacial score (nSPS) is 17.2. The first-order valence-electron chi connectivity index (χ1n) is 4.62. The van der Waals surface area contributed by atoms with Crippen molar-refractivity contribution in [1.29, 1.82) is 10.5 Å². The van der Waals surface area contributed by atoms with Crippen LogP contribution in [0.15, 0.2) is 0 Å². The summed E-state index contributed by atoms with van der Waals surface area (Å²) in [6, 6.07) is 0. The van der Waals surface area contributed by atoms with Crippen molar-refractivity contribution in [3.05, 3.63) is 0 Å². The van der Waals surface area contributed by atoms with Gasteiger partial charge in [-0.25, -0.2) is 0 Å². The molecule has 8 nitrogen and oxygen atoms in total. The molecule has 0 spiro atoms. The summed E-state index contributed by atoms with van der Waals surface area (Å²) in [6.07, 6.45) is -5.96. The zero-order valence-corrected chi connectivity index (χ0v) is 10.7. The van der Waals surface area contributed by atoms with Gasteiger partial charge in [0.1, 0.15) is 48.5 Å². The molecule has 0 heterocycles. The molecule has 0 aromatic rings. The highest BCUT2D eigenvalue weighted by molar-refractivity contribution is 7.99. The van der Waals surface area contributed by atoms with Gasteiger partial charge in [0.05, 0.1) is 13.2 Å². The number of nitriles is 2. The monoisotopic (exact) mass is 296 g/mol. The second-order valence-electron chi connectivity index (χ2n) is 3.00. The van der Waals surface area contributed by atoms with E-state index in [0.717, 1.165) is 0 Å². The highest BCUT2D eigenvalue weighted by Gasteiger charge is 2.32. The average molecular weight is 296 g/mol. The molecule has 4 N–H and O–H groups in total. The van der Waals surface area contributed by atoms with E-state index in [9.17, 15) is 10.2 Å². The van der Waals surface area contributed by atoms with Gasteiger partial charge in [-0.2, -0.15) is 10.5 Å². The standard InChI is InChI=1S/C8H12N2O6S2/c9-3-17-15-2-6(16-18-4-10)8(14)7(13)5(12)1-11/h5-8,11-14H,1-2H2/t5-,6-,7-,8-/m1/s1. The van der Waals surface area contributed by atoms with Crippen LogP contribution in [0.25, 0.3) is 0 Å². The van der Waals surface area contributed by atoms with Crippen LogP contribution in [0.3, 0.4) is 0 Å². The van der Waals surface area contributed by atoms with Crippen LogP contribution in [-0.4, -0.2) is 58.1 Å². The van der Waals surface area contributed by atoms with Crippen LogP contribution in [-0.2, 0) is 8.37 Å². The van der Waals surface area contributed by atoms with E-state index in [-0.39, 0.29) is 6.61 Å². The maximum atomic E-state index is 9.66. The van der Waals surface area contributed by atoms with Crippen LogP contribution in [0.2, 0.25) is 0 Å². The smallest absolute Gasteiger partial charge is 0.163 e. The van der Waals surface area contributed by atoms with E-state index in [4.69, 9.17) is 29.1 Å². The predicted octanol–water partition coefficient (Wildman–Crippen LogP) is -1.28. The molecule has 0 aliphatic heterocycles. The fraction of sp³-hybridized carbons (Fsp3) is 0.750. The maximum Gasteiger partial charge on any atom is 0.163 e. The van der Waals surface area contributed by atoms with Gasteiger partial charge < -0.3 is 20.4 Å². The van der Waals surface area contributed by atoms with Crippen molar-refractivity contribution in [2.24, 2.45) is 0 Å². The summed E-state index contributed by atoms with van der Waals surface area (Å²) >= 11 is 0.799. The molecular weight excluding hydrogens is 284 g/mol. The summed E-state index contributed by atoms with van der Waals surface area (Å²) in [6.45, 7) is -1.03. The minimum atomic E-state index is -1.67. The van der Waals surface area contributed by atoms with E-state index >= 15 is 0 Å². The number of aliphatic hydroxyl groups is 4. The second-order valence-corrected chi connectivity index (χ2v) is 4.13. The minimum absolute atomic E-state index is 0.288. The molecule has 0 bridgehead atoms. The fourth-order valence-electron chi connectivity index (χ4n) is 0.950. The molecule has 0 aliphatic rings. The van der Waals surface area contributed by atoms with E-state index in [1.165, 1.54) is 0 Å². The summed E-state index contributed by atoms with van der Waals surface area (Å²) in [5, 5.41) is 56.7. The molecule has 0 aromatic heterocycles. The van der Waals surface area contributed by atoms with E-state index < -0.39 is 31.0 Å². The summed E-state index contributed by atoms with van der Waals surface area (Å²) in [5.74, 6) is 0. The van der Waals surface area contributed by atoms with Gasteiger partial charge in [-0.15, -0.1) is 0 Å². The molecule has 0 aromatic carbocycles. The number of thiocyanates is 2. The van der Waals surface area contributed by atoms with Crippen molar-refractivity contribution in [3.8, 4) is 10.8 Å². The van der Waals surface area contributed by atoms with Crippen LogP contribution >= 0.6 is 24.1 Å². The minimum Gasteiger partial charge on any atom is -0.394 e. The van der Waals surface area contributed by atoms with Gasteiger partial charge in [0.25, 0.3) is 0 Å². The molecule has 0 saturated carbocycles. The third kappa shape index (κ3) is 6.39. The van der Waals surface area contributed by atoms with Gasteiger partial charge in [0, 0.05) is 0 Å². The second kappa shape index (κ2) is 10.4. The highest BCUT2D eigenvalue weighted by atomic mass is 32.2. The highest BCUT2D eigenvalue weighted by Crippen LogP contribution is 2.16. The zero-order chi connectivity index (χ0) is 14.0. The van der Waals surface area contributed by atoms with Crippen LogP contribution < -0.4 is 0 Å². The van der Waals surface area contributed by atoms with Crippen molar-refractivity contribution in [2.45, 2.75) is 24.4 Å². The molecule has 0 saturated heterocycles. The first-order valence-corrected chi connectivity index (χ1v) is 6.10. The Morgan fingerprint density at radius 1 is 1.06 bits per heavy atom. The number of rotatable bonds is 9. The number of hydrogen-bond donors (Lipinski definition) is 4. The van der Waals surface area contributed by atoms with Crippen molar-refractivity contribution in [3.63, 3.8) is 0 Å². The maximum absolute atomic E-state index is 9.66. The molecule has 10 heteroatoms. The molecule has 4 atom stereocenters. The largest absolute Gasteiger partial charge is 0.394 e. The lowest BCUT2D eigenvalue weighted by Crippen LogP contribution is -2.47. The lowest BCUT2D eigenvalue weighted by molar-refractivity contribution is -0.111. The summed E-state index contributed by atoms with van der Waals surface area (Å²) in [4.78, 5) is 0. The summed E-state index contributed by atoms with van der Waals surface area (Å²) in [7, 11) is 0. The van der Waals surface area contributed by atoms with Crippen molar-refractivity contribution in [2.75, 3.05) is 13.2 Å². The van der Waals surface area contributed by atoms with Crippen LogP contribution in [0, 0.1) is 21.3 Å². The van der Waals surface area contributed by atoms with E-state index in [2.05, 4.69) is 0 Å². The van der Waals surface area contributed by atoms with Crippen molar-refractivity contribution < 1.29 is 28.8 Å². The summed E-state index contributed by atoms with van der Waals surface area (Å²) < 4.78 is 9.54. The molecule has 0 unspecified atom stereocenters. The number of aliphatic hydroxyl groups excluding tert-OH is 4. The Kier molecular flexibility index (Phi) is 10.0. The topological polar surface area (TPSA) is 147 Å². The SMILES string of the molecule is N#CSOC[C@@H](OSC#N)[C@@H](O)[C@H](O)[C@H](O)CO. The van der Waals surface area contributed by atoms with E-state index in [1.54, 1.807) is 10.8 Å². The molecular formula is C8H12N2O6S2. The van der Waals surface area contributed by atoms with Gasteiger partial charge in [0.2, 0.25) is 0 Å². The molecule has 102 valence electrons. The quantitative estimate of drug-likeness (QED) is 0.230. The van der Waals surface area contributed by atoms with Crippen LogP contribution in [0.4, 0.5) is 0 Å². The van der Waals surface area contributed by atoms with Gasteiger partial charge in [-0.1, -0.05) is 0 Å². The third-order valence-corrected chi connectivity index (χ3v) is 2.60. The molecule has 0 rings (SSSR count). The Bertz CT molecular complexity index is 307. The Hall–Kier alpha value is -0.560. The Balaban J connectivity index is 4.43. The average Bonchev–Trinajstić information content (AvgIpc) is 2.40. The molecule has 0 fully saturated rings. The van der Waals surface area contributed by atoms with Crippen LogP contribution in [0.1, 0.15) is 0 Å². The molecule has 18 heavy (non-hydrogen) atoms. The zero-order valence-electron chi connectivity index (χ0n) is 9.04. The van der Waals surface area contributed by atoms with Gasteiger partial charge in [0.15, 0.2) is 10.8 Å². The summed E-state index contributed by atoms with van der Waals surface area (Å²) in [5.41, 5.74) is 0. The molecule has 0 radical (unpaired) electrons. The van der Waals surface area contributed by atoms with Crippen LogP contribution in [0.5, 0.6) is 0 Å². The van der Waals surface area contributed by atoms with Gasteiger partial charge >= 0.3 is 0 Å². The third-order valence-electron chi connectivity index (χ3n) is 1.85. The Morgan fingerprint density at radius 3 is 2.17 bits per heavy atom. The lowest BCUT2D eigenvalue weighted by Gasteiger charge is -2.26. The lowest BCUT2D eigenvalue weighted by atomic mass is 10.0. The first kappa shape index (κ1) is 17.4. The molecule has 0 aliphatic carbocycles. The first-order chi connectivity index (χ1) is 8.58. The van der Waals surface area contributed by atoms with E-state index in [1.807, 2.05) is 0 Å². The van der Waals surface area contributed by atoms with Crippen molar-refractivity contribution in [1.82, 2.24) is 0 Å². The van der Waals surface area contributed by atoms with E-state index in [0.29, 0.717) is 24.1 Å². The number of nitrogens with zero attached hydrogens (tertiary/aromatic N) is 2. The van der Waals surface area contributed by atoms with Crippen molar-refractivity contribution >= 4 is 24.1 Å². The predicted molar refractivity (Wildman–Crippen MR) is 62.3 cm³/mol. The molecule has 0 amide bonds. The van der Waals surface area contributed by atoms with Gasteiger partial charge in [-0.3, -0.25) is 8.37 Å². The number of hydrogen-bond acceptors (Lipinski definition) is 10. The van der Waals surface area contributed by atoms with Gasteiger partial charge in [-0.05, 0) is 0 Å².